The summed E-state index contributed by atoms with van der Waals surface area (Å²) in [5.74, 6) is 0.193. The topological polar surface area (TPSA) is 53.5 Å². The van der Waals surface area contributed by atoms with E-state index in [0.29, 0.717) is 13.1 Å². The maximum Gasteiger partial charge on any atom is 0.281 e. The Bertz CT molecular complexity index is 548. The molecule has 5 nitrogen and oxygen atoms in total. The van der Waals surface area contributed by atoms with E-state index in [4.69, 9.17) is 0 Å². The molecule has 1 aliphatic rings. The Hall–Kier alpha value is -0.250. The molecule has 0 N–H and O–H groups in total. The van der Waals surface area contributed by atoms with Crippen LogP contribution in [0.1, 0.15) is 24.5 Å². The summed E-state index contributed by atoms with van der Waals surface area (Å²) in [5, 5.41) is 0. The van der Waals surface area contributed by atoms with Crippen molar-refractivity contribution in [3.8, 4) is 0 Å². The van der Waals surface area contributed by atoms with Crippen LogP contribution >= 0.6 is 22.6 Å². The first kappa shape index (κ1) is 15.1. The van der Waals surface area contributed by atoms with E-state index in [-0.39, 0.29) is 5.92 Å². The first-order chi connectivity index (χ1) is 8.91. The second-order valence-corrected chi connectivity index (χ2v) is 8.27. The van der Waals surface area contributed by atoms with E-state index >= 15 is 0 Å². The second kappa shape index (κ2) is 6.02. The highest BCUT2D eigenvalue weighted by Crippen LogP contribution is 2.28. The number of hydrogen-bond donors (Lipinski definition) is 0. The summed E-state index contributed by atoms with van der Waals surface area (Å²) in [6.07, 6.45) is 3.66. The van der Waals surface area contributed by atoms with E-state index in [1.807, 2.05) is 12.1 Å². The van der Waals surface area contributed by atoms with Crippen molar-refractivity contribution in [3.63, 3.8) is 0 Å². The molecule has 1 aliphatic heterocycles. The average Bonchev–Trinajstić information content (AvgIpc) is 2.38. The molecule has 0 bridgehead atoms. The minimum atomic E-state index is -3.31. The molecule has 1 aromatic heterocycles. The molecule has 1 unspecified atom stereocenters. The lowest BCUT2D eigenvalue weighted by atomic mass is 9.96. The van der Waals surface area contributed by atoms with Crippen molar-refractivity contribution in [2.75, 3.05) is 27.2 Å². The minimum absolute atomic E-state index is 0.193. The predicted molar refractivity (Wildman–Crippen MR) is 83.1 cm³/mol. The molecule has 2 rings (SSSR count). The van der Waals surface area contributed by atoms with Crippen LogP contribution in [0.2, 0.25) is 0 Å². The molecule has 0 aromatic carbocycles. The molecule has 1 saturated heterocycles. The summed E-state index contributed by atoms with van der Waals surface area (Å²) in [6.45, 7) is 1.12. The number of rotatable bonds is 3. The van der Waals surface area contributed by atoms with Crippen molar-refractivity contribution >= 4 is 32.8 Å². The Morgan fingerprint density at radius 2 is 2.21 bits per heavy atom. The zero-order valence-corrected chi connectivity index (χ0v) is 14.1. The Labute approximate surface area is 128 Å². The van der Waals surface area contributed by atoms with Crippen LogP contribution in [0.15, 0.2) is 18.3 Å². The van der Waals surface area contributed by atoms with E-state index in [1.54, 1.807) is 24.6 Å². The van der Waals surface area contributed by atoms with Gasteiger partial charge in [0.1, 0.15) is 0 Å². The minimum Gasteiger partial charge on any atom is -0.261 e. The molecule has 2 heterocycles. The Morgan fingerprint density at radius 1 is 1.47 bits per heavy atom. The number of halogens is 1. The van der Waals surface area contributed by atoms with E-state index in [0.717, 1.165) is 22.1 Å². The Morgan fingerprint density at radius 3 is 2.84 bits per heavy atom. The highest BCUT2D eigenvalue weighted by atomic mass is 127. The summed E-state index contributed by atoms with van der Waals surface area (Å²) in [5.41, 5.74) is 0.991. The predicted octanol–water partition coefficient (Wildman–Crippen LogP) is 1.67. The van der Waals surface area contributed by atoms with Gasteiger partial charge in [0.2, 0.25) is 0 Å². The third-order valence-corrected chi connectivity index (χ3v) is 5.91. The maximum absolute atomic E-state index is 12.2. The normalized spacial score (nSPS) is 21.8. The first-order valence-corrected chi connectivity index (χ1v) is 8.68. The van der Waals surface area contributed by atoms with E-state index in [9.17, 15) is 8.42 Å². The quantitative estimate of drug-likeness (QED) is 0.732. The fourth-order valence-corrected chi connectivity index (χ4v) is 3.94. The molecule has 0 spiro atoms. The highest BCUT2D eigenvalue weighted by molar-refractivity contribution is 14.1. The van der Waals surface area contributed by atoms with E-state index < -0.39 is 10.2 Å². The maximum atomic E-state index is 12.2. The number of nitrogens with zero attached hydrogens (tertiary/aromatic N) is 3. The van der Waals surface area contributed by atoms with Crippen LogP contribution in [0, 0.1) is 3.57 Å². The van der Waals surface area contributed by atoms with Crippen LogP contribution in [-0.2, 0) is 10.2 Å². The number of aromatic nitrogens is 1. The van der Waals surface area contributed by atoms with Gasteiger partial charge in [-0.25, -0.2) is 0 Å². The SMILES string of the molecule is CN(C)S(=O)(=O)N1CCCC(c2cc(I)ccn2)C1. The zero-order chi connectivity index (χ0) is 14.0. The largest absolute Gasteiger partial charge is 0.281 e. The molecular weight excluding hydrogens is 377 g/mol. The van der Waals surface area contributed by atoms with Crippen molar-refractivity contribution in [2.45, 2.75) is 18.8 Å². The van der Waals surface area contributed by atoms with Gasteiger partial charge in [0, 0.05) is 48.6 Å². The second-order valence-electron chi connectivity index (χ2n) is 4.89. The Kier molecular flexibility index (Phi) is 4.80. The van der Waals surface area contributed by atoms with Gasteiger partial charge in [-0.3, -0.25) is 4.98 Å². The molecule has 7 heteroatoms. The fraction of sp³-hybridized carbons (Fsp3) is 0.583. The van der Waals surface area contributed by atoms with Crippen LogP contribution in [0.3, 0.4) is 0 Å². The van der Waals surface area contributed by atoms with Gasteiger partial charge in [-0.15, -0.1) is 0 Å². The van der Waals surface area contributed by atoms with Gasteiger partial charge >= 0.3 is 0 Å². The van der Waals surface area contributed by atoms with Crippen molar-refractivity contribution in [3.05, 3.63) is 27.6 Å². The third kappa shape index (κ3) is 3.45. The number of piperidine rings is 1. The van der Waals surface area contributed by atoms with Crippen molar-refractivity contribution < 1.29 is 8.42 Å². The van der Waals surface area contributed by atoms with E-state index in [1.165, 1.54) is 4.31 Å². The molecular formula is C12H18IN3O2S. The highest BCUT2D eigenvalue weighted by Gasteiger charge is 2.31. The summed E-state index contributed by atoms with van der Waals surface area (Å²) < 4.78 is 28.3. The van der Waals surface area contributed by atoms with Gasteiger partial charge in [0.15, 0.2) is 0 Å². The number of hydrogen-bond acceptors (Lipinski definition) is 3. The van der Waals surface area contributed by atoms with Crippen LogP contribution in [0.25, 0.3) is 0 Å². The Balaban J connectivity index is 2.18. The average molecular weight is 395 g/mol. The third-order valence-electron chi connectivity index (χ3n) is 3.33. The van der Waals surface area contributed by atoms with Crippen LogP contribution in [-0.4, -0.2) is 49.2 Å². The lowest BCUT2D eigenvalue weighted by molar-refractivity contribution is 0.296. The van der Waals surface area contributed by atoms with Crippen LogP contribution in [0.4, 0.5) is 0 Å². The lowest BCUT2D eigenvalue weighted by Crippen LogP contribution is -2.45. The molecule has 0 aliphatic carbocycles. The molecule has 106 valence electrons. The monoisotopic (exact) mass is 395 g/mol. The summed E-state index contributed by atoms with van der Waals surface area (Å²) in [4.78, 5) is 4.38. The fourth-order valence-electron chi connectivity index (χ4n) is 2.27. The van der Waals surface area contributed by atoms with Gasteiger partial charge in [-0.2, -0.15) is 17.0 Å². The van der Waals surface area contributed by atoms with Crippen molar-refractivity contribution in [1.29, 1.82) is 0 Å². The molecule has 0 amide bonds. The van der Waals surface area contributed by atoms with Crippen LogP contribution < -0.4 is 0 Å². The van der Waals surface area contributed by atoms with Gasteiger partial charge in [-0.05, 0) is 47.6 Å². The van der Waals surface area contributed by atoms with Gasteiger partial charge in [0.05, 0.1) is 0 Å². The molecule has 1 atom stereocenters. The van der Waals surface area contributed by atoms with Crippen molar-refractivity contribution in [2.24, 2.45) is 0 Å². The van der Waals surface area contributed by atoms with Crippen molar-refractivity contribution in [1.82, 2.24) is 13.6 Å². The zero-order valence-electron chi connectivity index (χ0n) is 11.1. The number of pyridine rings is 1. The molecule has 19 heavy (non-hydrogen) atoms. The summed E-state index contributed by atoms with van der Waals surface area (Å²) in [7, 11) is -0.170. The van der Waals surface area contributed by atoms with Gasteiger partial charge in [-0.1, -0.05) is 0 Å². The molecule has 1 aromatic rings. The lowest BCUT2D eigenvalue weighted by Gasteiger charge is -2.33. The molecule has 0 radical (unpaired) electrons. The van der Waals surface area contributed by atoms with Crippen LogP contribution in [0.5, 0.6) is 0 Å². The van der Waals surface area contributed by atoms with E-state index in [2.05, 4.69) is 27.6 Å². The smallest absolute Gasteiger partial charge is 0.261 e. The molecule has 0 saturated carbocycles. The van der Waals surface area contributed by atoms with Gasteiger partial charge < -0.3 is 0 Å². The summed E-state index contributed by atoms with van der Waals surface area (Å²) in [6, 6.07) is 3.98. The first-order valence-electron chi connectivity index (χ1n) is 6.20. The van der Waals surface area contributed by atoms with Gasteiger partial charge in [0.25, 0.3) is 10.2 Å². The standard InChI is InChI=1S/C12H18IN3O2S/c1-15(2)19(17,18)16-7-3-4-10(9-16)12-8-11(13)5-6-14-12/h5-6,8,10H,3-4,7,9H2,1-2H3. The summed E-state index contributed by atoms with van der Waals surface area (Å²) >= 11 is 2.25. The molecule has 1 fully saturated rings.